The summed E-state index contributed by atoms with van der Waals surface area (Å²) in [5.41, 5.74) is 7.74. The Hall–Kier alpha value is -3.97. The van der Waals surface area contributed by atoms with Gasteiger partial charge in [0.05, 0.1) is 5.56 Å². The molecule has 0 aliphatic carbocycles. The fraction of sp³-hybridized carbons (Fsp3) is 0.360. The summed E-state index contributed by atoms with van der Waals surface area (Å²) in [6, 6.07) is 7.66. The van der Waals surface area contributed by atoms with Crippen molar-refractivity contribution in [1.29, 1.82) is 5.26 Å². The van der Waals surface area contributed by atoms with E-state index in [2.05, 4.69) is 16.2 Å². The van der Waals surface area contributed by atoms with E-state index < -0.39 is 18.0 Å². The average Bonchev–Trinajstić information content (AvgIpc) is 3.14. The predicted molar refractivity (Wildman–Crippen MR) is 130 cm³/mol. The minimum absolute atomic E-state index is 0.101. The summed E-state index contributed by atoms with van der Waals surface area (Å²) in [7, 11) is 5.22. The zero-order valence-electron chi connectivity index (χ0n) is 20.7. The van der Waals surface area contributed by atoms with Gasteiger partial charge >= 0.3 is 0 Å². The maximum absolute atomic E-state index is 14.2. The van der Waals surface area contributed by atoms with Gasteiger partial charge in [0.15, 0.2) is 17.7 Å². The van der Waals surface area contributed by atoms with Crippen LogP contribution in [0.1, 0.15) is 48.5 Å². The lowest BCUT2D eigenvalue weighted by molar-refractivity contribution is 0.0729. The number of hydrogen-bond acceptors (Lipinski definition) is 8. The molecule has 2 aromatic heterocycles. The lowest BCUT2D eigenvalue weighted by Crippen LogP contribution is -2.38. The van der Waals surface area contributed by atoms with Crippen molar-refractivity contribution in [2.45, 2.75) is 33.0 Å². The lowest BCUT2D eigenvalue weighted by atomic mass is 9.96. The molecule has 9 nitrogen and oxygen atoms in total. The van der Waals surface area contributed by atoms with Crippen LogP contribution in [0.2, 0.25) is 0 Å². The number of rotatable bonds is 2. The average molecular weight is 481 g/mol. The Kier molecular flexibility index (Phi) is 7.71. The number of nitrogens with zero attached hydrogens (tertiary/aromatic N) is 5. The molecule has 0 spiro atoms. The highest BCUT2D eigenvalue weighted by Gasteiger charge is 2.31. The molecular formula is C25H29FN6O3. The van der Waals surface area contributed by atoms with Gasteiger partial charge in [-0.2, -0.15) is 5.26 Å². The van der Waals surface area contributed by atoms with Crippen molar-refractivity contribution < 1.29 is 18.7 Å². The molecule has 35 heavy (non-hydrogen) atoms. The number of benzene rings is 1. The smallest absolute Gasteiger partial charge is 0.243 e. The van der Waals surface area contributed by atoms with Gasteiger partial charge in [0.2, 0.25) is 11.7 Å². The van der Waals surface area contributed by atoms with E-state index in [1.165, 1.54) is 29.1 Å². The standard InChI is InChI=1S/C23H23FN6O3.C2H6/c1-12-16-8-14(24)5-6-15(16)21(31)19(11-29(2)3)33-23-20(17(9-25)30(4)28-23)13-7-18(32-12)22(26)27-10-13;1-2/h5-8,10,12,19H,11H2,1-4H3,(H2,26,27);1-2H3. The fourth-order valence-corrected chi connectivity index (χ4v) is 3.82. The van der Waals surface area contributed by atoms with Crippen molar-refractivity contribution in [3.05, 3.63) is 53.1 Å². The van der Waals surface area contributed by atoms with Crippen LogP contribution in [0.25, 0.3) is 11.1 Å². The van der Waals surface area contributed by atoms with E-state index in [-0.39, 0.29) is 41.0 Å². The van der Waals surface area contributed by atoms with Gasteiger partial charge in [-0.1, -0.05) is 13.8 Å². The van der Waals surface area contributed by atoms with Crippen LogP contribution in [0.4, 0.5) is 10.2 Å². The van der Waals surface area contributed by atoms with Crippen molar-refractivity contribution in [3.63, 3.8) is 0 Å². The minimum Gasteiger partial charge on any atom is -0.482 e. The largest absolute Gasteiger partial charge is 0.482 e. The number of likely N-dealkylation sites (N-methyl/N-ethyl adjacent to an activating group) is 1. The van der Waals surface area contributed by atoms with Crippen LogP contribution in [0.15, 0.2) is 30.5 Å². The van der Waals surface area contributed by atoms with Gasteiger partial charge in [-0.15, -0.1) is 5.10 Å². The maximum Gasteiger partial charge on any atom is 0.243 e. The molecule has 1 aliphatic rings. The third-order valence-electron chi connectivity index (χ3n) is 5.39. The SMILES string of the molecule is CC.CC1Oc2cc(cnc2N)-c2c(nn(C)c2C#N)OC(CN(C)C)C(=O)c2ccc(F)cc21. The Morgan fingerprint density at radius 3 is 2.63 bits per heavy atom. The number of nitrogens with two attached hydrogens (primary N) is 1. The molecule has 0 saturated heterocycles. The molecule has 2 N–H and O–H groups in total. The molecule has 2 unspecified atom stereocenters. The molecule has 184 valence electrons. The van der Waals surface area contributed by atoms with Crippen molar-refractivity contribution in [3.8, 4) is 28.8 Å². The van der Waals surface area contributed by atoms with Crippen LogP contribution >= 0.6 is 0 Å². The van der Waals surface area contributed by atoms with E-state index >= 15 is 0 Å². The second kappa shape index (κ2) is 10.5. The van der Waals surface area contributed by atoms with Gasteiger partial charge in [-0.05, 0) is 45.3 Å². The number of nitriles is 1. The number of carbonyl (C=O) groups is 1. The number of fused-ring (bicyclic) bond motifs is 5. The zero-order chi connectivity index (χ0) is 25.9. The highest BCUT2D eigenvalue weighted by atomic mass is 19.1. The summed E-state index contributed by atoms with van der Waals surface area (Å²) in [5, 5.41) is 14.1. The van der Waals surface area contributed by atoms with E-state index in [0.29, 0.717) is 16.7 Å². The summed E-state index contributed by atoms with van der Waals surface area (Å²) >= 11 is 0. The molecule has 1 aliphatic heterocycles. The van der Waals surface area contributed by atoms with E-state index in [0.717, 1.165) is 0 Å². The van der Waals surface area contributed by atoms with Gasteiger partial charge in [-0.25, -0.2) is 9.37 Å². The summed E-state index contributed by atoms with van der Waals surface area (Å²) in [6.45, 7) is 5.93. The molecule has 2 atom stereocenters. The summed E-state index contributed by atoms with van der Waals surface area (Å²) in [6.07, 6.45) is -0.209. The molecule has 0 amide bonds. The Morgan fingerprint density at radius 2 is 1.97 bits per heavy atom. The molecule has 0 fully saturated rings. The Balaban J connectivity index is 0.00000167. The van der Waals surface area contributed by atoms with Crippen molar-refractivity contribution in [1.82, 2.24) is 19.7 Å². The molecule has 0 radical (unpaired) electrons. The normalized spacial score (nSPS) is 16.8. The van der Waals surface area contributed by atoms with E-state index in [1.54, 1.807) is 39.0 Å². The van der Waals surface area contributed by atoms with Crippen molar-refractivity contribution >= 4 is 11.6 Å². The van der Waals surface area contributed by atoms with Gasteiger partial charge in [0.1, 0.15) is 23.7 Å². The molecule has 4 rings (SSSR count). The number of halogens is 1. The van der Waals surface area contributed by atoms with Gasteiger partial charge < -0.3 is 20.1 Å². The number of hydrogen-bond donors (Lipinski definition) is 1. The zero-order valence-corrected chi connectivity index (χ0v) is 20.7. The number of aromatic nitrogens is 3. The van der Waals surface area contributed by atoms with Crippen LogP contribution in [-0.4, -0.2) is 52.2 Å². The molecular weight excluding hydrogens is 451 g/mol. The highest BCUT2D eigenvalue weighted by molar-refractivity contribution is 6.01. The summed E-state index contributed by atoms with van der Waals surface area (Å²) < 4.78 is 27.7. The number of aryl methyl sites for hydroxylation is 1. The number of anilines is 1. The monoisotopic (exact) mass is 480 g/mol. The molecule has 3 heterocycles. The molecule has 2 bridgehead atoms. The van der Waals surface area contributed by atoms with Gasteiger partial charge in [0.25, 0.3) is 0 Å². The maximum atomic E-state index is 14.2. The van der Waals surface area contributed by atoms with Crippen LogP contribution in [-0.2, 0) is 7.05 Å². The van der Waals surface area contributed by atoms with Crippen LogP contribution in [0, 0.1) is 17.1 Å². The predicted octanol–water partition coefficient (Wildman–Crippen LogP) is 3.75. The third kappa shape index (κ3) is 5.10. The fourth-order valence-electron chi connectivity index (χ4n) is 3.82. The lowest BCUT2D eigenvalue weighted by Gasteiger charge is -2.25. The van der Waals surface area contributed by atoms with Crippen LogP contribution in [0.5, 0.6) is 11.6 Å². The number of pyridine rings is 1. The Morgan fingerprint density at radius 1 is 1.26 bits per heavy atom. The summed E-state index contributed by atoms with van der Waals surface area (Å²) in [5.74, 6) is -0.419. The molecule has 1 aromatic carbocycles. The number of ether oxygens (including phenoxy) is 2. The van der Waals surface area contributed by atoms with Crippen molar-refractivity contribution in [2.75, 3.05) is 26.4 Å². The van der Waals surface area contributed by atoms with E-state index in [4.69, 9.17) is 15.2 Å². The second-order valence-electron chi connectivity index (χ2n) is 8.10. The van der Waals surface area contributed by atoms with Crippen LogP contribution in [0.3, 0.4) is 0 Å². The molecule has 0 saturated carbocycles. The summed E-state index contributed by atoms with van der Waals surface area (Å²) in [4.78, 5) is 19.6. The topological polar surface area (TPSA) is 119 Å². The first-order chi connectivity index (χ1) is 16.7. The second-order valence-corrected chi connectivity index (χ2v) is 8.10. The first kappa shape index (κ1) is 25.6. The van der Waals surface area contributed by atoms with Gasteiger partial charge in [0, 0.05) is 36.5 Å². The number of ketones is 1. The van der Waals surface area contributed by atoms with E-state index in [1.807, 2.05) is 13.8 Å². The minimum atomic E-state index is -0.975. The van der Waals surface area contributed by atoms with Crippen LogP contribution < -0.4 is 15.2 Å². The number of nitrogen functional groups attached to an aromatic ring is 1. The Labute approximate surface area is 203 Å². The van der Waals surface area contributed by atoms with Crippen molar-refractivity contribution in [2.24, 2.45) is 7.05 Å². The Bertz CT molecular complexity index is 1280. The highest BCUT2D eigenvalue weighted by Crippen LogP contribution is 2.38. The molecule has 10 heteroatoms. The molecule has 3 aromatic rings. The van der Waals surface area contributed by atoms with Gasteiger partial charge in [-0.3, -0.25) is 9.48 Å². The number of carbonyl (C=O) groups excluding carboxylic acids is 1. The quantitative estimate of drug-likeness (QED) is 0.589. The number of Topliss-reactive ketones (excluding diaryl/α,β-unsaturated/α-hetero) is 1. The van der Waals surface area contributed by atoms with E-state index in [9.17, 15) is 14.4 Å². The third-order valence-corrected chi connectivity index (χ3v) is 5.39. The first-order valence-corrected chi connectivity index (χ1v) is 11.2. The first-order valence-electron chi connectivity index (χ1n) is 11.2.